The molecule has 1 rings (SSSR count). The molecule has 0 unspecified atom stereocenters. The van der Waals surface area contributed by atoms with Crippen molar-refractivity contribution in [3.05, 3.63) is 28.8 Å². The van der Waals surface area contributed by atoms with E-state index in [1.54, 1.807) is 6.07 Å². The van der Waals surface area contributed by atoms with Gasteiger partial charge in [0.25, 0.3) is 0 Å². The van der Waals surface area contributed by atoms with Crippen LogP contribution in [-0.2, 0) is 5.88 Å². The number of aromatic carboxylic acids is 1. The quantitative estimate of drug-likeness (QED) is 0.730. The normalized spacial score (nSPS) is 9.43. The summed E-state index contributed by atoms with van der Waals surface area (Å²) in [6.45, 7) is 0. The molecule has 0 aliphatic carbocycles. The van der Waals surface area contributed by atoms with Crippen molar-refractivity contribution in [2.24, 2.45) is 0 Å². The summed E-state index contributed by atoms with van der Waals surface area (Å²) in [5.41, 5.74) is 0.109. The van der Waals surface area contributed by atoms with Crippen molar-refractivity contribution >= 4 is 17.6 Å². The summed E-state index contributed by atoms with van der Waals surface area (Å²) in [4.78, 5) is 10.6. The average molecular weight is 212 g/mol. The number of hydrogen-bond acceptors (Lipinski definition) is 3. The number of benzene rings is 1. The summed E-state index contributed by atoms with van der Waals surface area (Å²) >= 11 is 5.48. The van der Waals surface area contributed by atoms with Crippen LogP contribution in [0.15, 0.2) is 12.1 Å². The first-order valence-electron chi connectivity index (χ1n) is 3.65. The Morgan fingerprint density at radius 1 is 1.57 bits per heavy atom. The van der Waals surface area contributed by atoms with Crippen molar-refractivity contribution in [3.63, 3.8) is 0 Å². The van der Waals surface area contributed by atoms with Gasteiger partial charge in [0.2, 0.25) is 0 Å². The van der Waals surface area contributed by atoms with E-state index in [1.807, 2.05) is 0 Å². The standard InChI is InChI=1S/C9H6ClNO3/c10-3-5-1-6(4-11)7(9(13)14)2-8(5)12/h1-2,12H,3H2,(H,13,14). The summed E-state index contributed by atoms with van der Waals surface area (Å²) in [6.07, 6.45) is 0. The second-order valence-electron chi connectivity index (χ2n) is 2.58. The molecule has 1 aromatic carbocycles. The third kappa shape index (κ3) is 1.78. The monoisotopic (exact) mass is 211 g/mol. The Morgan fingerprint density at radius 2 is 2.21 bits per heavy atom. The summed E-state index contributed by atoms with van der Waals surface area (Å²) < 4.78 is 0. The van der Waals surface area contributed by atoms with Crippen LogP contribution in [0.25, 0.3) is 0 Å². The van der Waals surface area contributed by atoms with Gasteiger partial charge in [0, 0.05) is 5.56 Å². The van der Waals surface area contributed by atoms with Crippen molar-refractivity contribution in [1.29, 1.82) is 5.26 Å². The molecule has 0 fully saturated rings. The fourth-order valence-corrected chi connectivity index (χ4v) is 1.22. The third-order valence-corrected chi connectivity index (χ3v) is 2.00. The van der Waals surface area contributed by atoms with Crippen LogP contribution in [-0.4, -0.2) is 16.2 Å². The van der Waals surface area contributed by atoms with Crippen molar-refractivity contribution in [2.75, 3.05) is 0 Å². The molecule has 1 aromatic rings. The zero-order valence-electron chi connectivity index (χ0n) is 6.99. The first kappa shape index (κ1) is 10.4. The van der Waals surface area contributed by atoms with Crippen LogP contribution >= 0.6 is 11.6 Å². The number of nitriles is 1. The molecule has 0 radical (unpaired) electrons. The van der Waals surface area contributed by atoms with Gasteiger partial charge in [0.1, 0.15) is 11.8 Å². The van der Waals surface area contributed by atoms with Gasteiger partial charge in [-0.15, -0.1) is 11.6 Å². The van der Waals surface area contributed by atoms with Gasteiger partial charge in [-0.3, -0.25) is 0 Å². The number of carboxylic acid groups (broad SMARTS) is 1. The Bertz CT molecular complexity index is 423. The number of aromatic hydroxyl groups is 1. The highest BCUT2D eigenvalue weighted by Gasteiger charge is 2.13. The van der Waals surface area contributed by atoms with E-state index < -0.39 is 5.97 Å². The molecule has 4 nitrogen and oxygen atoms in total. The Kier molecular flexibility index (Phi) is 2.95. The number of phenolic OH excluding ortho intramolecular Hbond substituents is 1. The predicted octanol–water partition coefficient (Wildman–Crippen LogP) is 1.70. The highest BCUT2D eigenvalue weighted by Crippen LogP contribution is 2.23. The van der Waals surface area contributed by atoms with E-state index in [0.717, 1.165) is 6.07 Å². The maximum absolute atomic E-state index is 10.6. The number of carbonyl (C=O) groups is 1. The molecule has 0 aliphatic heterocycles. The Labute approximate surface area is 85.0 Å². The molecule has 0 aliphatic rings. The van der Waals surface area contributed by atoms with E-state index in [2.05, 4.69) is 0 Å². The van der Waals surface area contributed by atoms with Crippen LogP contribution in [0.1, 0.15) is 21.5 Å². The van der Waals surface area contributed by atoms with Crippen molar-refractivity contribution in [1.82, 2.24) is 0 Å². The Balaban J connectivity index is 3.41. The molecule has 0 amide bonds. The molecule has 0 heterocycles. The molecular formula is C9H6ClNO3. The summed E-state index contributed by atoms with van der Waals surface area (Å²) in [5, 5.41) is 26.6. The van der Waals surface area contributed by atoms with Crippen molar-refractivity contribution in [2.45, 2.75) is 5.88 Å². The van der Waals surface area contributed by atoms with Crippen molar-refractivity contribution in [3.8, 4) is 11.8 Å². The lowest BCUT2D eigenvalue weighted by molar-refractivity contribution is 0.0696. The van der Waals surface area contributed by atoms with Gasteiger partial charge in [-0.1, -0.05) is 0 Å². The number of alkyl halides is 1. The van der Waals surface area contributed by atoms with Crippen LogP contribution in [0.5, 0.6) is 5.75 Å². The first-order chi connectivity index (χ1) is 6.60. The lowest BCUT2D eigenvalue weighted by atomic mass is 10.0. The number of phenols is 1. The molecule has 0 saturated carbocycles. The van der Waals surface area contributed by atoms with Gasteiger partial charge >= 0.3 is 5.97 Å². The predicted molar refractivity (Wildman–Crippen MR) is 49.3 cm³/mol. The van der Waals surface area contributed by atoms with Gasteiger partial charge in [-0.05, 0) is 12.1 Å². The molecule has 0 bridgehead atoms. The van der Waals surface area contributed by atoms with Crippen LogP contribution in [0.3, 0.4) is 0 Å². The first-order valence-corrected chi connectivity index (χ1v) is 4.18. The molecule has 0 saturated heterocycles. The largest absolute Gasteiger partial charge is 0.508 e. The van der Waals surface area contributed by atoms with Crippen LogP contribution < -0.4 is 0 Å². The van der Waals surface area contributed by atoms with Gasteiger partial charge in [-0.25, -0.2) is 4.79 Å². The number of rotatable bonds is 2. The fraction of sp³-hybridized carbons (Fsp3) is 0.111. The third-order valence-electron chi connectivity index (χ3n) is 1.71. The molecule has 0 atom stereocenters. The highest BCUT2D eigenvalue weighted by atomic mass is 35.5. The zero-order valence-corrected chi connectivity index (χ0v) is 7.75. The van der Waals surface area contributed by atoms with E-state index >= 15 is 0 Å². The number of halogens is 1. The van der Waals surface area contributed by atoms with Crippen LogP contribution in [0, 0.1) is 11.3 Å². The summed E-state index contributed by atoms with van der Waals surface area (Å²) in [6, 6.07) is 4.02. The topological polar surface area (TPSA) is 81.3 Å². The van der Waals surface area contributed by atoms with Crippen LogP contribution in [0.4, 0.5) is 0 Å². The smallest absolute Gasteiger partial charge is 0.337 e. The summed E-state index contributed by atoms with van der Waals surface area (Å²) in [5.74, 6) is -1.44. The molecular weight excluding hydrogens is 206 g/mol. The second kappa shape index (κ2) is 3.99. The molecule has 0 aromatic heterocycles. The molecule has 2 N–H and O–H groups in total. The van der Waals surface area contributed by atoms with Crippen molar-refractivity contribution < 1.29 is 15.0 Å². The number of hydrogen-bond donors (Lipinski definition) is 2. The fourth-order valence-electron chi connectivity index (χ4n) is 1.01. The summed E-state index contributed by atoms with van der Waals surface area (Å²) in [7, 11) is 0. The maximum atomic E-state index is 10.6. The van der Waals surface area contributed by atoms with E-state index in [1.165, 1.54) is 6.07 Å². The minimum atomic E-state index is -1.25. The molecule has 5 heteroatoms. The SMILES string of the molecule is N#Cc1cc(CCl)c(O)cc1C(=O)O. The van der Waals surface area contributed by atoms with Gasteiger partial charge in [0.15, 0.2) is 0 Å². The molecule has 14 heavy (non-hydrogen) atoms. The van der Waals surface area contributed by atoms with Gasteiger partial charge in [-0.2, -0.15) is 5.26 Å². The van der Waals surface area contributed by atoms with Crippen LogP contribution in [0.2, 0.25) is 0 Å². The maximum Gasteiger partial charge on any atom is 0.337 e. The molecule has 0 spiro atoms. The average Bonchev–Trinajstić information content (AvgIpc) is 2.17. The minimum Gasteiger partial charge on any atom is -0.508 e. The van der Waals surface area contributed by atoms with Gasteiger partial charge < -0.3 is 10.2 Å². The Morgan fingerprint density at radius 3 is 2.64 bits per heavy atom. The zero-order chi connectivity index (χ0) is 10.7. The van der Waals surface area contributed by atoms with E-state index in [4.69, 9.17) is 22.0 Å². The lowest BCUT2D eigenvalue weighted by Crippen LogP contribution is -2.01. The van der Waals surface area contributed by atoms with E-state index in [-0.39, 0.29) is 22.8 Å². The number of carboxylic acids is 1. The molecule has 72 valence electrons. The second-order valence-corrected chi connectivity index (χ2v) is 2.84. The Hall–Kier alpha value is -1.73. The lowest BCUT2D eigenvalue weighted by Gasteiger charge is -2.03. The van der Waals surface area contributed by atoms with E-state index in [9.17, 15) is 9.90 Å². The number of nitrogens with zero attached hydrogens (tertiary/aromatic N) is 1. The van der Waals surface area contributed by atoms with E-state index in [0.29, 0.717) is 5.56 Å². The highest BCUT2D eigenvalue weighted by molar-refractivity contribution is 6.17. The van der Waals surface area contributed by atoms with Gasteiger partial charge in [0.05, 0.1) is 17.0 Å². The minimum absolute atomic E-state index is 0.00838.